The Balaban J connectivity index is 1.45. The Kier molecular flexibility index (Phi) is 4.50. The lowest BCUT2D eigenvalue weighted by atomic mass is 10.0. The molecule has 0 fully saturated rings. The highest BCUT2D eigenvalue weighted by atomic mass is 32.1. The molecule has 3 rings (SSSR count). The largest absolute Gasteiger partial charge is 0.465 e. The van der Waals surface area contributed by atoms with Gasteiger partial charge < -0.3 is 9.73 Å². The molecule has 1 amide bonds. The molecule has 2 heterocycles. The number of nitrogens with one attached hydrogen (secondary N) is 1. The molecule has 0 bridgehead atoms. The topological polar surface area (TPSA) is 55.1 Å². The maximum atomic E-state index is 11.7. The lowest BCUT2D eigenvalue weighted by Crippen LogP contribution is -2.23. The molecule has 0 saturated heterocycles. The quantitative estimate of drug-likeness (QED) is 0.864. The van der Waals surface area contributed by atoms with Crippen LogP contribution in [0.4, 0.5) is 0 Å². The summed E-state index contributed by atoms with van der Waals surface area (Å²) < 4.78 is 5.13. The third-order valence-corrected chi connectivity index (χ3v) is 4.69. The number of amides is 1. The van der Waals surface area contributed by atoms with Crippen molar-refractivity contribution in [3.63, 3.8) is 0 Å². The third kappa shape index (κ3) is 3.82. The highest BCUT2D eigenvalue weighted by Crippen LogP contribution is 2.26. The van der Waals surface area contributed by atoms with Crippen molar-refractivity contribution in [3.05, 3.63) is 45.8 Å². The van der Waals surface area contributed by atoms with Gasteiger partial charge in [0.25, 0.3) is 0 Å². The van der Waals surface area contributed by atoms with Gasteiger partial charge in [-0.25, -0.2) is 4.98 Å². The van der Waals surface area contributed by atoms with Crippen LogP contribution in [0.2, 0.25) is 0 Å². The van der Waals surface area contributed by atoms with Gasteiger partial charge in [-0.05, 0) is 43.9 Å². The standard InChI is InChI=1S/C16H18N2O2S/c19-15(8-7-12-4-3-11-20-12)17-10-9-16-18-13-5-1-2-6-14(13)21-16/h3-4,7-8,11H,1-2,5-6,9-10H2,(H,17,19)/b8-7-. The van der Waals surface area contributed by atoms with Crippen molar-refractivity contribution < 1.29 is 9.21 Å². The predicted octanol–water partition coefficient (Wildman–Crippen LogP) is 2.99. The molecule has 4 nitrogen and oxygen atoms in total. The molecule has 0 radical (unpaired) electrons. The molecule has 0 aromatic carbocycles. The zero-order chi connectivity index (χ0) is 14.5. The Morgan fingerprint density at radius 1 is 1.43 bits per heavy atom. The van der Waals surface area contributed by atoms with Gasteiger partial charge in [-0.3, -0.25) is 4.79 Å². The van der Waals surface area contributed by atoms with E-state index in [-0.39, 0.29) is 5.91 Å². The molecule has 0 spiro atoms. The first-order chi connectivity index (χ1) is 10.3. The van der Waals surface area contributed by atoms with Crippen molar-refractivity contribution in [2.75, 3.05) is 6.54 Å². The van der Waals surface area contributed by atoms with Crippen LogP contribution in [-0.4, -0.2) is 17.4 Å². The van der Waals surface area contributed by atoms with E-state index in [4.69, 9.17) is 4.42 Å². The molecule has 5 heteroatoms. The minimum atomic E-state index is -0.104. The van der Waals surface area contributed by atoms with Crippen LogP contribution in [0, 0.1) is 0 Å². The summed E-state index contributed by atoms with van der Waals surface area (Å²) in [5.74, 6) is 0.575. The zero-order valence-electron chi connectivity index (χ0n) is 11.8. The molecule has 1 aliphatic carbocycles. The fourth-order valence-electron chi connectivity index (χ4n) is 2.41. The Bertz CT molecular complexity index is 605. The number of furan rings is 1. The van der Waals surface area contributed by atoms with Crippen LogP contribution in [0.5, 0.6) is 0 Å². The first-order valence-electron chi connectivity index (χ1n) is 7.28. The number of nitrogens with zero attached hydrogens (tertiary/aromatic N) is 1. The van der Waals surface area contributed by atoms with E-state index in [0.717, 1.165) is 17.8 Å². The molecule has 0 unspecified atom stereocenters. The first-order valence-corrected chi connectivity index (χ1v) is 8.10. The van der Waals surface area contributed by atoms with E-state index in [2.05, 4.69) is 10.3 Å². The van der Waals surface area contributed by atoms with Crippen molar-refractivity contribution >= 4 is 23.3 Å². The molecule has 0 saturated carbocycles. The summed E-state index contributed by atoms with van der Waals surface area (Å²) >= 11 is 1.80. The molecular formula is C16H18N2O2S. The summed E-state index contributed by atoms with van der Waals surface area (Å²) in [6.07, 6.45) is 10.4. The van der Waals surface area contributed by atoms with Crippen LogP contribution in [0.25, 0.3) is 6.08 Å². The van der Waals surface area contributed by atoms with Crippen LogP contribution in [0.3, 0.4) is 0 Å². The molecule has 1 N–H and O–H groups in total. The van der Waals surface area contributed by atoms with E-state index < -0.39 is 0 Å². The summed E-state index contributed by atoms with van der Waals surface area (Å²) in [6.45, 7) is 0.619. The Morgan fingerprint density at radius 3 is 3.14 bits per heavy atom. The Labute approximate surface area is 127 Å². The van der Waals surface area contributed by atoms with Gasteiger partial charge in [0.2, 0.25) is 5.91 Å². The summed E-state index contributed by atoms with van der Waals surface area (Å²) in [6, 6.07) is 3.60. The number of carbonyl (C=O) groups is 1. The average molecular weight is 302 g/mol. The van der Waals surface area contributed by atoms with Gasteiger partial charge in [0.15, 0.2) is 0 Å². The van der Waals surface area contributed by atoms with E-state index in [0.29, 0.717) is 12.3 Å². The molecule has 21 heavy (non-hydrogen) atoms. The molecular weight excluding hydrogens is 284 g/mol. The average Bonchev–Trinajstić information content (AvgIpc) is 3.14. The van der Waals surface area contributed by atoms with Crippen molar-refractivity contribution in [3.8, 4) is 0 Å². The van der Waals surface area contributed by atoms with Gasteiger partial charge in [-0.1, -0.05) is 0 Å². The molecule has 0 atom stereocenters. The lowest BCUT2D eigenvalue weighted by Gasteiger charge is -2.06. The number of aromatic nitrogens is 1. The number of carbonyl (C=O) groups excluding carboxylic acids is 1. The van der Waals surface area contributed by atoms with Gasteiger partial charge in [-0.15, -0.1) is 11.3 Å². The molecule has 2 aromatic heterocycles. The molecule has 0 aliphatic heterocycles. The fraction of sp³-hybridized carbons (Fsp3) is 0.375. The van der Waals surface area contributed by atoms with E-state index in [9.17, 15) is 4.79 Å². The van der Waals surface area contributed by atoms with E-state index in [1.54, 1.807) is 29.7 Å². The van der Waals surface area contributed by atoms with Crippen LogP contribution >= 0.6 is 11.3 Å². The van der Waals surface area contributed by atoms with Crippen LogP contribution in [0.1, 0.15) is 34.2 Å². The van der Waals surface area contributed by atoms with Crippen molar-refractivity contribution in [1.29, 1.82) is 0 Å². The van der Waals surface area contributed by atoms with E-state index >= 15 is 0 Å². The Hall–Kier alpha value is -1.88. The second kappa shape index (κ2) is 6.72. The molecule has 2 aromatic rings. The minimum absolute atomic E-state index is 0.104. The predicted molar refractivity (Wildman–Crippen MR) is 83.2 cm³/mol. The van der Waals surface area contributed by atoms with Crippen LogP contribution < -0.4 is 5.32 Å². The van der Waals surface area contributed by atoms with Crippen LogP contribution in [0.15, 0.2) is 28.9 Å². The number of thiazole rings is 1. The van der Waals surface area contributed by atoms with E-state index in [1.807, 2.05) is 6.07 Å². The van der Waals surface area contributed by atoms with Crippen molar-refractivity contribution in [1.82, 2.24) is 10.3 Å². The SMILES string of the molecule is O=C(/C=C\c1ccco1)NCCc1nc2c(s1)CCCC2. The Morgan fingerprint density at radius 2 is 2.33 bits per heavy atom. The first kappa shape index (κ1) is 14.1. The lowest BCUT2D eigenvalue weighted by molar-refractivity contribution is -0.116. The zero-order valence-corrected chi connectivity index (χ0v) is 12.6. The summed E-state index contributed by atoms with van der Waals surface area (Å²) in [5, 5.41) is 4.01. The van der Waals surface area contributed by atoms with Gasteiger partial charge in [0, 0.05) is 23.9 Å². The summed E-state index contributed by atoms with van der Waals surface area (Å²) in [7, 11) is 0. The second-order valence-corrected chi connectivity index (χ2v) is 6.24. The summed E-state index contributed by atoms with van der Waals surface area (Å²) in [4.78, 5) is 17.8. The number of hydrogen-bond donors (Lipinski definition) is 1. The second-order valence-electron chi connectivity index (χ2n) is 5.07. The van der Waals surface area contributed by atoms with Crippen molar-refractivity contribution in [2.24, 2.45) is 0 Å². The number of aryl methyl sites for hydroxylation is 2. The summed E-state index contributed by atoms with van der Waals surface area (Å²) in [5.41, 5.74) is 1.28. The molecule has 110 valence electrons. The smallest absolute Gasteiger partial charge is 0.244 e. The van der Waals surface area contributed by atoms with Gasteiger partial charge in [0.05, 0.1) is 17.0 Å². The maximum Gasteiger partial charge on any atom is 0.244 e. The van der Waals surface area contributed by atoms with Gasteiger partial charge >= 0.3 is 0 Å². The van der Waals surface area contributed by atoms with Gasteiger partial charge in [-0.2, -0.15) is 0 Å². The number of fused-ring (bicyclic) bond motifs is 1. The van der Waals surface area contributed by atoms with Crippen molar-refractivity contribution in [2.45, 2.75) is 32.1 Å². The minimum Gasteiger partial charge on any atom is -0.465 e. The monoisotopic (exact) mass is 302 g/mol. The number of hydrogen-bond acceptors (Lipinski definition) is 4. The fourth-order valence-corrected chi connectivity index (χ4v) is 3.56. The molecule has 1 aliphatic rings. The maximum absolute atomic E-state index is 11.7. The number of rotatable bonds is 5. The third-order valence-electron chi connectivity index (χ3n) is 3.47. The van der Waals surface area contributed by atoms with Gasteiger partial charge in [0.1, 0.15) is 5.76 Å². The highest BCUT2D eigenvalue weighted by molar-refractivity contribution is 7.11. The van der Waals surface area contributed by atoms with E-state index in [1.165, 1.54) is 35.9 Å². The normalized spacial score (nSPS) is 14.3. The van der Waals surface area contributed by atoms with Crippen LogP contribution in [-0.2, 0) is 24.1 Å². The highest BCUT2D eigenvalue weighted by Gasteiger charge is 2.14.